The lowest BCUT2D eigenvalue weighted by atomic mass is 9.89. The number of nitrogens with two attached hydrogens (primary N) is 1. The van der Waals surface area contributed by atoms with E-state index in [-0.39, 0.29) is 18.0 Å². The average Bonchev–Trinajstić information content (AvgIpc) is 2.70. The van der Waals surface area contributed by atoms with Crippen LogP contribution in [0.5, 0.6) is 0 Å². The van der Waals surface area contributed by atoms with E-state index < -0.39 is 0 Å². The molecule has 3 aromatic rings. The van der Waals surface area contributed by atoms with Gasteiger partial charge in [0.1, 0.15) is 0 Å². The average molecular weight is 386 g/mol. The summed E-state index contributed by atoms with van der Waals surface area (Å²) in [5, 5.41) is 3.67. The van der Waals surface area contributed by atoms with Gasteiger partial charge >= 0.3 is 0 Å². The number of carbonyl (C=O) groups excluding carboxylic acids is 1. The van der Waals surface area contributed by atoms with Gasteiger partial charge in [-0.05, 0) is 63.1 Å². The second-order valence-electron chi connectivity index (χ2n) is 7.97. The predicted molar refractivity (Wildman–Crippen MR) is 120 cm³/mol. The van der Waals surface area contributed by atoms with Crippen LogP contribution in [0.2, 0.25) is 0 Å². The highest BCUT2D eigenvalue weighted by Gasteiger charge is 2.34. The zero-order valence-corrected chi connectivity index (χ0v) is 17.1. The standard InChI is InChI=1S/C25H27N3O/c1-16-8-11-19(12-9-16)27-23-15-18(3)28(24-13-10-17(2)14-21(23)24)25(29)20-6-4-5-7-22(20)26/h4-14,18,23,27H,15,26H2,1-3H3/t18-,23-/m1/s1. The normalized spacial score (nSPS) is 18.2. The van der Waals surface area contributed by atoms with Gasteiger partial charge in [-0.25, -0.2) is 0 Å². The van der Waals surface area contributed by atoms with Gasteiger partial charge in [-0.2, -0.15) is 0 Å². The first-order valence-corrected chi connectivity index (χ1v) is 10.1. The fraction of sp³-hybridized carbons (Fsp3) is 0.240. The highest BCUT2D eigenvalue weighted by Crippen LogP contribution is 2.40. The van der Waals surface area contributed by atoms with Crippen molar-refractivity contribution in [1.29, 1.82) is 0 Å². The molecule has 0 saturated heterocycles. The Kier molecular flexibility index (Phi) is 5.01. The molecule has 0 aromatic heterocycles. The molecule has 1 heterocycles. The Morgan fingerprint density at radius 3 is 2.41 bits per heavy atom. The Hall–Kier alpha value is -3.27. The molecule has 0 bridgehead atoms. The first-order valence-electron chi connectivity index (χ1n) is 10.1. The first-order chi connectivity index (χ1) is 13.9. The number of para-hydroxylation sites is 1. The van der Waals surface area contributed by atoms with Gasteiger partial charge in [-0.3, -0.25) is 4.79 Å². The van der Waals surface area contributed by atoms with Gasteiger partial charge in [0.2, 0.25) is 0 Å². The van der Waals surface area contributed by atoms with E-state index in [0.717, 1.165) is 23.4 Å². The molecule has 2 atom stereocenters. The summed E-state index contributed by atoms with van der Waals surface area (Å²) in [5.41, 5.74) is 12.8. The van der Waals surface area contributed by atoms with Crippen LogP contribution < -0.4 is 16.0 Å². The molecule has 0 aliphatic carbocycles. The highest BCUT2D eigenvalue weighted by molar-refractivity contribution is 6.10. The molecule has 148 valence electrons. The maximum atomic E-state index is 13.4. The number of hydrogen-bond donors (Lipinski definition) is 2. The maximum absolute atomic E-state index is 13.4. The summed E-state index contributed by atoms with van der Waals surface area (Å²) in [4.78, 5) is 15.3. The fourth-order valence-electron chi connectivity index (χ4n) is 4.10. The molecule has 1 amide bonds. The lowest BCUT2D eigenvalue weighted by molar-refractivity contribution is 0.0975. The summed E-state index contributed by atoms with van der Waals surface area (Å²) in [6, 6.07) is 22.2. The number of anilines is 3. The second kappa shape index (κ2) is 7.63. The number of aryl methyl sites for hydroxylation is 2. The molecule has 4 heteroatoms. The van der Waals surface area contributed by atoms with E-state index in [0.29, 0.717) is 11.3 Å². The van der Waals surface area contributed by atoms with Crippen molar-refractivity contribution in [3.8, 4) is 0 Å². The highest BCUT2D eigenvalue weighted by atomic mass is 16.2. The van der Waals surface area contributed by atoms with E-state index in [1.165, 1.54) is 11.1 Å². The van der Waals surface area contributed by atoms with Crippen molar-refractivity contribution < 1.29 is 4.79 Å². The topological polar surface area (TPSA) is 58.4 Å². The molecule has 1 aliphatic rings. The summed E-state index contributed by atoms with van der Waals surface area (Å²) in [6.45, 7) is 6.27. The van der Waals surface area contributed by atoms with Crippen LogP contribution in [0, 0.1) is 13.8 Å². The quantitative estimate of drug-likeness (QED) is 0.587. The number of carbonyl (C=O) groups is 1. The number of rotatable bonds is 3. The Morgan fingerprint density at radius 1 is 1.00 bits per heavy atom. The molecule has 29 heavy (non-hydrogen) atoms. The van der Waals surface area contributed by atoms with Crippen molar-refractivity contribution in [2.75, 3.05) is 16.0 Å². The van der Waals surface area contributed by atoms with Crippen LogP contribution in [-0.4, -0.2) is 11.9 Å². The number of amides is 1. The number of nitrogen functional groups attached to an aromatic ring is 1. The van der Waals surface area contributed by atoms with Gasteiger partial charge in [-0.15, -0.1) is 0 Å². The van der Waals surface area contributed by atoms with Crippen LogP contribution in [0.4, 0.5) is 17.1 Å². The van der Waals surface area contributed by atoms with Gasteiger partial charge in [-0.1, -0.05) is 47.5 Å². The molecule has 0 saturated carbocycles. The van der Waals surface area contributed by atoms with E-state index in [1.807, 2.05) is 17.0 Å². The fourth-order valence-corrected chi connectivity index (χ4v) is 4.10. The summed E-state index contributed by atoms with van der Waals surface area (Å²) >= 11 is 0. The SMILES string of the molecule is Cc1ccc(N[C@@H]2C[C@@H](C)N(C(=O)c3ccccc3N)c3ccc(C)cc32)cc1. The lowest BCUT2D eigenvalue weighted by Crippen LogP contribution is -2.44. The summed E-state index contributed by atoms with van der Waals surface area (Å²) in [6.07, 6.45) is 0.822. The van der Waals surface area contributed by atoms with Crippen molar-refractivity contribution >= 4 is 23.0 Å². The van der Waals surface area contributed by atoms with Crippen molar-refractivity contribution in [3.63, 3.8) is 0 Å². The van der Waals surface area contributed by atoms with Crippen LogP contribution in [0.25, 0.3) is 0 Å². The maximum Gasteiger partial charge on any atom is 0.260 e. The zero-order chi connectivity index (χ0) is 20.5. The molecule has 3 N–H and O–H groups in total. The van der Waals surface area contributed by atoms with Crippen molar-refractivity contribution in [2.24, 2.45) is 0 Å². The lowest BCUT2D eigenvalue weighted by Gasteiger charge is -2.40. The van der Waals surface area contributed by atoms with E-state index >= 15 is 0 Å². The van der Waals surface area contributed by atoms with E-state index in [9.17, 15) is 4.79 Å². The minimum atomic E-state index is -0.0468. The third kappa shape index (κ3) is 3.70. The van der Waals surface area contributed by atoms with Gasteiger partial charge < -0.3 is 16.0 Å². The van der Waals surface area contributed by atoms with Crippen LogP contribution in [0.3, 0.4) is 0 Å². The minimum absolute atomic E-state index is 0.0419. The number of nitrogens with zero attached hydrogens (tertiary/aromatic N) is 1. The Balaban J connectivity index is 1.73. The monoisotopic (exact) mass is 385 g/mol. The Bertz CT molecular complexity index is 1040. The molecule has 0 fully saturated rings. The largest absolute Gasteiger partial charge is 0.398 e. The van der Waals surface area contributed by atoms with Gasteiger partial charge in [0, 0.05) is 23.1 Å². The molecular weight excluding hydrogens is 358 g/mol. The van der Waals surface area contributed by atoms with Gasteiger partial charge in [0.15, 0.2) is 0 Å². The molecule has 1 aliphatic heterocycles. The van der Waals surface area contributed by atoms with E-state index in [1.54, 1.807) is 12.1 Å². The molecule has 4 rings (SSSR count). The Morgan fingerprint density at radius 2 is 1.69 bits per heavy atom. The minimum Gasteiger partial charge on any atom is -0.398 e. The van der Waals surface area contributed by atoms with E-state index in [2.05, 4.69) is 68.6 Å². The number of hydrogen-bond acceptors (Lipinski definition) is 3. The van der Waals surface area contributed by atoms with Gasteiger partial charge in [0.25, 0.3) is 5.91 Å². The van der Waals surface area contributed by atoms with Crippen LogP contribution in [-0.2, 0) is 0 Å². The summed E-state index contributed by atoms with van der Waals surface area (Å²) < 4.78 is 0. The number of nitrogens with one attached hydrogen (secondary N) is 1. The Labute approximate surface area is 172 Å². The van der Waals surface area contributed by atoms with Crippen molar-refractivity contribution in [2.45, 2.75) is 39.3 Å². The first kappa shape index (κ1) is 19.1. The molecule has 4 nitrogen and oxygen atoms in total. The molecule has 0 spiro atoms. The number of fused-ring (bicyclic) bond motifs is 1. The molecule has 0 radical (unpaired) electrons. The third-order valence-corrected chi connectivity index (χ3v) is 5.64. The molecule has 0 unspecified atom stereocenters. The smallest absolute Gasteiger partial charge is 0.260 e. The van der Waals surface area contributed by atoms with Gasteiger partial charge in [0.05, 0.1) is 11.6 Å². The zero-order valence-electron chi connectivity index (χ0n) is 17.1. The van der Waals surface area contributed by atoms with Crippen LogP contribution in [0.1, 0.15) is 46.4 Å². The summed E-state index contributed by atoms with van der Waals surface area (Å²) in [7, 11) is 0. The van der Waals surface area contributed by atoms with Crippen molar-refractivity contribution in [3.05, 3.63) is 89.0 Å². The molecule has 3 aromatic carbocycles. The van der Waals surface area contributed by atoms with E-state index in [4.69, 9.17) is 5.73 Å². The predicted octanol–water partition coefficient (Wildman–Crippen LogP) is 5.48. The van der Waals surface area contributed by atoms with Crippen LogP contribution >= 0.6 is 0 Å². The number of benzene rings is 3. The second-order valence-corrected chi connectivity index (χ2v) is 7.97. The third-order valence-electron chi connectivity index (χ3n) is 5.64. The molecular formula is C25H27N3O. The summed E-state index contributed by atoms with van der Waals surface area (Å²) in [5.74, 6) is -0.0468. The van der Waals surface area contributed by atoms with Crippen LogP contribution in [0.15, 0.2) is 66.7 Å². The van der Waals surface area contributed by atoms with Crippen molar-refractivity contribution in [1.82, 2.24) is 0 Å².